The molecule has 0 radical (unpaired) electrons. The molecule has 2 aromatic heterocycles. The Kier molecular flexibility index (Phi) is 9.22. The van der Waals surface area contributed by atoms with Gasteiger partial charge in [-0.25, -0.2) is 4.98 Å². The lowest BCUT2D eigenvalue weighted by Gasteiger charge is -2.20. The second kappa shape index (κ2) is 12.6. The number of hydrogen-bond acceptors (Lipinski definition) is 6. The summed E-state index contributed by atoms with van der Waals surface area (Å²) in [6.45, 7) is 5.43. The van der Waals surface area contributed by atoms with Crippen LogP contribution in [0.3, 0.4) is 0 Å². The fraction of sp³-hybridized carbons (Fsp3) is 0.333. The fourth-order valence-electron chi connectivity index (χ4n) is 3.99. The summed E-state index contributed by atoms with van der Waals surface area (Å²) in [5.41, 5.74) is 0.980. The highest BCUT2D eigenvalue weighted by atomic mass is 32.2. The summed E-state index contributed by atoms with van der Waals surface area (Å²) in [7, 11) is 0. The zero-order valence-corrected chi connectivity index (χ0v) is 22.7. The summed E-state index contributed by atoms with van der Waals surface area (Å²) in [6.07, 6.45) is -2.32. The number of alkyl halides is 3. The van der Waals surface area contributed by atoms with Crippen LogP contribution in [0, 0.1) is 0 Å². The van der Waals surface area contributed by atoms with E-state index in [-0.39, 0.29) is 5.91 Å². The zero-order chi connectivity index (χ0) is 27.1. The fourth-order valence-corrected chi connectivity index (χ4v) is 5.74. The maximum absolute atomic E-state index is 13.5. The van der Waals surface area contributed by atoms with Crippen LogP contribution in [0.4, 0.5) is 13.2 Å². The number of halogens is 3. The molecule has 0 atom stereocenters. The van der Waals surface area contributed by atoms with Gasteiger partial charge in [0.25, 0.3) is 5.91 Å². The van der Waals surface area contributed by atoms with Gasteiger partial charge < -0.3 is 4.90 Å². The van der Waals surface area contributed by atoms with E-state index in [1.165, 1.54) is 29.2 Å². The van der Waals surface area contributed by atoms with Crippen LogP contribution in [0.2, 0.25) is 0 Å². The number of thiazole rings is 1. The second-order valence-corrected chi connectivity index (χ2v) is 10.5. The molecule has 0 saturated carbocycles. The highest BCUT2D eigenvalue weighted by molar-refractivity contribution is 7.98. The molecular weight excluding hydrogens is 531 g/mol. The average molecular weight is 560 g/mol. The Bertz CT molecular complexity index is 1350. The molecule has 38 heavy (non-hydrogen) atoms. The number of thioether (sulfide) groups is 1. The molecule has 0 aliphatic rings. The molecule has 0 unspecified atom stereocenters. The van der Waals surface area contributed by atoms with Crippen molar-refractivity contribution in [2.45, 2.75) is 50.2 Å². The van der Waals surface area contributed by atoms with Crippen LogP contribution < -0.4 is 0 Å². The van der Waals surface area contributed by atoms with Crippen molar-refractivity contribution in [2.24, 2.45) is 0 Å². The summed E-state index contributed by atoms with van der Waals surface area (Å²) in [6, 6.07) is 14.7. The van der Waals surface area contributed by atoms with E-state index >= 15 is 0 Å². The first-order chi connectivity index (χ1) is 18.3. The summed E-state index contributed by atoms with van der Waals surface area (Å²) >= 11 is 2.71. The third-order valence-corrected chi connectivity index (χ3v) is 7.68. The first kappa shape index (κ1) is 27.8. The molecule has 0 fully saturated rings. The number of nitrogens with zero attached hydrogens (tertiary/aromatic N) is 5. The largest absolute Gasteiger partial charge is 0.416 e. The van der Waals surface area contributed by atoms with Crippen molar-refractivity contribution in [3.05, 3.63) is 87.6 Å². The van der Waals surface area contributed by atoms with Gasteiger partial charge in [0.2, 0.25) is 0 Å². The molecule has 0 aliphatic carbocycles. The molecule has 2 heterocycles. The van der Waals surface area contributed by atoms with E-state index in [2.05, 4.69) is 15.2 Å². The van der Waals surface area contributed by atoms with E-state index in [1.807, 2.05) is 49.1 Å². The summed E-state index contributed by atoms with van der Waals surface area (Å²) in [4.78, 5) is 19.2. The van der Waals surface area contributed by atoms with Gasteiger partial charge in [-0.05, 0) is 36.6 Å². The van der Waals surface area contributed by atoms with Crippen molar-refractivity contribution in [3.8, 4) is 5.69 Å². The zero-order valence-electron chi connectivity index (χ0n) is 21.1. The van der Waals surface area contributed by atoms with Crippen LogP contribution in [0.15, 0.2) is 65.1 Å². The van der Waals surface area contributed by atoms with Crippen molar-refractivity contribution >= 4 is 29.0 Å². The van der Waals surface area contributed by atoms with Gasteiger partial charge >= 0.3 is 6.18 Å². The predicted molar refractivity (Wildman–Crippen MR) is 144 cm³/mol. The van der Waals surface area contributed by atoms with E-state index in [9.17, 15) is 18.0 Å². The molecule has 11 heteroatoms. The summed E-state index contributed by atoms with van der Waals surface area (Å²) in [5, 5.41) is 11.6. The third-order valence-electron chi connectivity index (χ3n) is 5.71. The minimum absolute atomic E-state index is 0.0847. The van der Waals surface area contributed by atoms with Crippen molar-refractivity contribution in [3.63, 3.8) is 0 Å². The molecular formula is C27H28F3N5OS2. The van der Waals surface area contributed by atoms with Crippen LogP contribution in [0.25, 0.3) is 5.69 Å². The monoisotopic (exact) mass is 559 g/mol. The minimum Gasteiger partial charge on any atom is -0.337 e. The van der Waals surface area contributed by atoms with E-state index < -0.39 is 11.7 Å². The van der Waals surface area contributed by atoms with Gasteiger partial charge in [-0.3, -0.25) is 9.36 Å². The van der Waals surface area contributed by atoms with Crippen LogP contribution in [-0.2, 0) is 18.3 Å². The second-order valence-electron chi connectivity index (χ2n) is 8.65. The molecule has 0 N–H and O–H groups in total. The lowest BCUT2D eigenvalue weighted by molar-refractivity contribution is -0.137. The lowest BCUT2D eigenvalue weighted by atomic mass is 10.1. The molecule has 1 amide bonds. The lowest BCUT2D eigenvalue weighted by Crippen LogP contribution is -2.32. The Hall–Kier alpha value is -3.18. The summed E-state index contributed by atoms with van der Waals surface area (Å²) in [5.74, 6) is 0.850. The van der Waals surface area contributed by atoms with Gasteiger partial charge in [-0.15, -0.1) is 21.5 Å². The summed E-state index contributed by atoms with van der Waals surface area (Å²) < 4.78 is 42.1. The molecule has 4 rings (SSSR count). The van der Waals surface area contributed by atoms with E-state index in [4.69, 9.17) is 0 Å². The first-order valence-electron chi connectivity index (χ1n) is 12.3. The number of amides is 1. The molecule has 200 valence electrons. The van der Waals surface area contributed by atoms with Crippen LogP contribution >= 0.6 is 23.1 Å². The topological polar surface area (TPSA) is 63.9 Å². The highest BCUT2D eigenvalue weighted by Crippen LogP contribution is 2.33. The highest BCUT2D eigenvalue weighted by Gasteiger charge is 2.31. The Labute approximate surface area is 227 Å². The number of benzene rings is 2. The maximum atomic E-state index is 13.5. The molecule has 6 nitrogen and oxygen atoms in total. The normalized spacial score (nSPS) is 11.6. The number of carbonyl (C=O) groups is 1. The average Bonchev–Trinajstić information content (AvgIpc) is 3.54. The van der Waals surface area contributed by atoms with Gasteiger partial charge in [0.15, 0.2) is 5.16 Å². The van der Waals surface area contributed by atoms with Gasteiger partial charge in [0, 0.05) is 24.9 Å². The van der Waals surface area contributed by atoms with Crippen LogP contribution in [0.1, 0.15) is 59.1 Å². The van der Waals surface area contributed by atoms with Crippen LogP contribution in [0.5, 0.6) is 0 Å². The van der Waals surface area contributed by atoms with E-state index in [1.54, 1.807) is 16.0 Å². The van der Waals surface area contributed by atoms with Crippen LogP contribution in [-0.4, -0.2) is 43.6 Å². The smallest absolute Gasteiger partial charge is 0.337 e. The van der Waals surface area contributed by atoms with Crippen molar-refractivity contribution < 1.29 is 18.0 Å². The first-order valence-corrected chi connectivity index (χ1v) is 14.2. The third kappa shape index (κ3) is 6.82. The Morgan fingerprint density at radius 2 is 1.76 bits per heavy atom. The molecule has 0 spiro atoms. The number of carbonyl (C=O) groups excluding carboxylic acids is 1. The predicted octanol–water partition coefficient (Wildman–Crippen LogP) is 6.89. The van der Waals surface area contributed by atoms with Crippen molar-refractivity contribution in [2.75, 3.05) is 13.1 Å². The maximum Gasteiger partial charge on any atom is 0.416 e. The number of hydrogen-bond donors (Lipinski definition) is 0. The standard InChI is InChI=1S/C27H28F3N5OS2/c1-3-13-34(14-4-2)25(36)22-17-37-24(31-22)18-38-26-33-32-23(15-19-9-6-5-7-10-19)35(26)21-12-8-11-20(16-21)27(28,29)30/h5-12,16-17H,3-4,13-15,18H2,1-2H3. The van der Waals surface area contributed by atoms with Crippen molar-refractivity contribution in [1.82, 2.24) is 24.6 Å². The van der Waals surface area contributed by atoms with Gasteiger partial charge in [0.1, 0.15) is 16.5 Å². The van der Waals surface area contributed by atoms with Gasteiger partial charge in [-0.1, -0.05) is 62.0 Å². The van der Waals surface area contributed by atoms with Gasteiger partial charge in [0.05, 0.1) is 17.0 Å². The minimum atomic E-state index is -4.47. The Morgan fingerprint density at radius 3 is 2.45 bits per heavy atom. The molecule has 0 aliphatic heterocycles. The Morgan fingerprint density at radius 1 is 1.03 bits per heavy atom. The number of rotatable bonds is 11. The Balaban J connectivity index is 1.60. The number of aromatic nitrogens is 4. The SMILES string of the molecule is CCCN(CCC)C(=O)c1csc(CSc2nnc(Cc3ccccc3)n2-c2cccc(C(F)(F)F)c2)n1. The van der Waals surface area contributed by atoms with Crippen molar-refractivity contribution in [1.29, 1.82) is 0 Å². The quantitative estimate of drug-likeness (QED) is 0.187. The van der Waals surface area contributed by atoms with E-state index in [0.29, 0.717) is 47.6 Å². The molecule has 4 aromatic rings. The van der Waals surface area contributed by atoms with E-state index in [0.717, 1.165) is 35.5 Å². The molecule has 2 aromatic carbocycles. The van der Waals surface area contributed by atoms with Gasteiger partial charge in [-0.2, -0.15) is 13.2 Å². The molecule has 0 bridgehead atoms. The molecule has 0 saturated heterocycles.